The Hall–Kier alpha value is -1.96. The van der Waals surface area contributed by atoms with E-state index >= 15 is 0 Å². The zero-order valence-corrected chi connectivity index (χ0v) is 41.7. The minimum absolute atomic E-state index is 0.0160. The maximum Gasteiger partial charge on any atom is 0.472 e. The largest absolute Gasteiger partial charge is 0.472 e. The van der Waals surface area contributed by atoms with Crippen molar-refractivity contribution in [2.24, 2.45) is 17.8 Å². The molecule has 0 heterocycles. The molecular formula is C51H93O13P. The number of hydrogen-bond acceptors (Lipinski definition) is 12. The zero-order valence-electron chi connectivity index (χ0n) is 40.8. The summed E-state index contributed by atoms with van der Waals surface area (Å²) in [5, 5.41) is 39.1. The first-order chi connectivity index (χ1) is 31.3. The highest BCUT2D eigenvalue weighted by molar-refractivity contribution is 7.47. The second-order valence-electron chi connectivity index (χ2n) is 18.6. The van der Waals surface area contributed by atoms with Gasteiger partial charge in [0.15, 0.2) is 6.10 Å². The molecule has 1 rings (SSSR count). The molecular weight excluding hydrogens is 852 g/mol. The van der Waals surface area contributed by atoms with Crippen LogP contribution >= 0.6 is 7.82 Å². The number of esters is 2. The van der Waals surface area contributed by atoms with E-state index in [0.717, 1.165) is 44.4 Å². The summed E-state index contributed by atoms with van der Waals surface area (Å²) in [6.45, 7) is 4.39. The number of rotatable bonds is 44. The molecule has 2 unspecified atom stereocenters. The monoisotopic (exact) mass is 945 g/mol. The second kappa shape index (κ2) is 40.0. The number of aliphatic hydroxyl groups excluding tert-OH is 4. The maximum absolute atomic E-state index is 12.7. The summed E-state index contributed by atoms with van der Waals surface area (Å²) in [5.74, 6) is -0.991. The first-order valence-corrected chi connectivity index (χ1v) is 27.3. The minimum Gasteiger partial charge on any atom is -0.462 e. The Morgan fingerprint density at radius 3 is 1.83 bits per heavy atom. The van der Waals surface area contributed by atoms with Crippen molar-refractivity contribution in [3.8, 4) is 0 Å². The van der Waals surface area contributed by atoms with Crippen LogP contribution in [0.2, 0.25) is 0 Å². The molecule has 1 saturated carbocycles. The van der Waals surface area contributed by atoms with Crippen LogP contribution in [-0.4, -0.2) is 93.9 Å². The van der Waals surface area contributed by atoms with Crippen LogP contribution < -0.4 is 0 Å². The van der Waals surface area contributed by atoms with E-state index in [2.05, 4.69) is 20.8 Å². The first kappa shape index (κ1) is 61.1. The lowest BCUT2D eigenvalue weighted by molar-refractivity contribution is -0.161. The number of carbonyl (C=O) groups excluding carboxylic acids is 3. The van der Waals surface area contributed by atoms with E-state index in [9.17, 15) is 39.2 Å². The lowest BCUT2D eigenvalue weighted by Gasteiger charge is -2.20. The summed E-state index contributed by atoms with van der Waals surface area (Å²) in [6, 6.07) is 0. The fraction of sp³-hybridized carbons (Fsp3) is 0.863. The van der Waals surface area contributed by atoms with Gasteiger partial charge < -0.3 is 34.8 Å². The number of ketones is 1. The third-order valence-corrected chi connectivity index (χ3v) is 13.5. The molecule has 5 N–H and O–H groups in total. The van der Waals surface area contributed by atoms with E-state index in [1.54, 1.807) is 12.2 Å². The van der Waals surface area contributed by atoms with Gasteiger partial charge in [0.25, 0.3) is 0 Å². The molecule has 0 spiro atoms. The van der Waals surface area contributed by atoms with Crippen molar-refractivity contribution in [3.05, 3.63) is 24.3 Å². The SMILES string of the molecule is CCCCC[C@H](O)/C=C/[C@H]1[C@H](O)CC(=O)[C@@H]1C/C=C\CCCC(=O)OC[C@H](COP(=O)(O)OC[C@@H](O)CO)OC(=O)CCCCCCCCCCCCCCCCCCCCC(C)CC. The molecule has 1 aliphatic carbocycles. The molecule has 0 bridgehead atoms. The molecule has 0 radical (unpaired) electrons. The lowest BCUT2D eigenvalue weighted by atomic mass is 9.90. The molecule has 0 amide bonds. The highest BCUT2D eigenvalue weighted by Crippen LogP contribution is 2.43. The maximum atomic E-state index is 12.7. The average Bonchev–Trinajstić information content (AvgIpc) is 3.56. The van der Waals surface area contributed by atoms with Crippen molar-refractivity contribution in [2.45, 2.75) is 238 Å². The molecule has 14 heteroatoms. The van der Waals surface area contributed by atoms with Crippen molar-refractivity contribution in [2.75, 3.05) is 26.4 Å². The Morgan fingerprint density at radius 2 is 1.26 bits per heavy atom. The molecule has 0 saturated heterocycles. The van der Waals surface area contributed by atoms with Crippen LogP contribution in [0.1, 0.15) is 213 Å². The van der Waals surface area contributed by atoms with Gasteiger partial charge in [-0.3, -0.25) is 23.4 Å². The van der Waals surface area contributed by atoms with Gasteiger partial charge in [-0.1, -0.05) is 186 Å². The fourth-order valence-electron chi connectivity index (χ4n) is 8.07. The fourth-order valence-corrected chi connectivity index (χ4v) is 8.86. The number of allylic oxidation sites excluding steroid dienone is 2. The van der Waals surface area contributed by atoms with Gasteiger partial charge in [0.05, 0.1) is 32.0 Å². The third kappa shape index (κ3) is 34.1. The molecule has 380 valence electrons. The van der Waals surface area contributed by atoms with Crippen LogP contribution in [0.5, 0.6) is 0 Å². The summed E-state index contributed by atoms with van der Waals surface area (Å²) < 4.78 is 32.8. The van der Waals surface area contributed by atoms with Gasteiger partial charge >= 0.3 is 19.8 Å². The van der Waals surface area contributed by atoms with Gasteiger partial charge in [-0.2, -0.15) is 0 Å². The number of unbranched alkanes of at least 4 members (excludes halogenated alkanes) is 20. The number of phosphoric ester groups is 1. The Bertz CT molecular complexity index is 1310. The lowest BCUT2D eigenvalue weighted by Crippen LogP contribution is -2.29. The predicted octanol–water partition coefficient (Wildman–Crippen LogP) is 11.0. The van der Waals surface area contributed by atoms with Crippen LogP contribution in [0.25, 0.3) is 0 Å². The highest BCUT2D eigenvalue weighted by atomic mass is 31.2. The van der Waals surface area contributed by atoms with E-state index < -0.39 is 70.6 Å². The molecule has 1 fully saturated rings. The summed E-state index contributed by atoms with van der Waals surface area (Å²) in [7, 11) is -4.69. The first-order valence-electron chi connectivity index (χ1n) is 25.8. The molecule has 0 aromatic carbocycles. The molecule has 0 aliphatic heterocycles. The zero-order chi connectivity index (χ0) is 48.0. The van der Waals surface area contributed by atoms with Crippen molar-refractivity contribution < 1.29 is 62.8 Å². The predicted molar refractivity (Wildman–Crippen MR) is 257 cm³/mol. The van der Waals surface area contributed by atoms with Crippen molar-refractivity contribution in [3.63, 3.8) is 0 Å². The summed E-state index contributed by atoms with van der Waals surface area (Å²) >= 11 is 0. The second-order valence-corrected chi connectivity index (χ2v) is 20.0. The van der Waals surface area contributed by atoms with Gasteiger partial charge in [-0.15, -0.1) is 0 Å². The van der Waals surface area contributed by atoms with Crippen LogP contribution in [0.15, 0.2) is 24.3 Å². The Labute approximate surface area is 393 Å². The van der Waals surface area contributed by atoms with E-state index in [0.29, 0.717) is 32.1 Å². The topological polar surface area (TPSA) is 206 Å². The summed E-state index contributed by atoms with van der Waals surface area (Å²) in [5.41, 5.74) is 0. The van der Waals surface area contributed by atoms with Crippen LogP contribution in [0.4, 0.5) is 0 Å². The van der Waals surface area contributed by atoms with Gasteiger partial charge in [0.1, 0.15) is 18.5 Å². The standard InChI is InChI=1S/C51H93O13P/c1-4-6-25-31-43(53)35-36-47-46(48(55)37-49(47)56)32-27-23-24-28-33-50(57)61-40-45(41-63-65(59,60)62-39-44(54)38-52)64-51(58)34-29-22-20-18-16-14-12-10-8-7-9-11-13-15-17-19-21-26-30-42(3)5-2/h23,27,35-36,42-47,49,52-54,56H,4-22,24-26,28-34,37-41H2,1-3H3,(H,59,60)/b27-23-,36-35+/t42?,43-,44-,45+,46+,47+,49+/m0/s1. The quantitative estimate of drug-likeness (QED) is 0.0167. The van der Waals surface area contributed by atoms with Crippen LogP contribution in [0, 0.1) is 17.8 Å². The van der Waals surface area contributed by atoms with Gasteiger partial charge in [-0.05, 0) is 38.0 Å². The molecule has 13 nitrogen and oxygen atoms in total. The molecule has 65 heavy (non-hydrogen) atoms. The van der Waals surface area contributed by atoms with E-state index in [-0.39, 0.29) is 36.9 Å². The number of carbonyl (C=O) groups is 3. The van der Waals surface area contributed by atoms with Crippen LogP contribution in [-0.2, 0) is 37.5 Å². The number of aliphatic hydroxyl groups is 4. The highest BCUT2D eigenvalue weighted by Gasteiger charge is 2.39. The van der Waals surface area contributed by atoms with Gasteiger partial charge in [0, 0.05) is 31.1 Å². The number of Topliss-reactive ketones (excluding diaryl/α,β-unsaturated/α-hetero) is 1. The van der Waals surface area contributed by atoms with Crippen molar-refractivity contribution in [1.29, 1.82) is 0 Å². The van der Waals surface area contributed by atoms with E-state index in [4.69, 9.17) is 23.6 Å². The Morgan fingerprint density at radius 1 is 0.723 bits per heavy atom. The third-order valence-electron chi connectivity index (χ3n) is 12.5. The molecule has 1 aliphatic rings. The van der Waals surface area contributed by atoms with Crippen LogP contribution in [0.3, 0.4) is 0 Å². The van der Waals surface area contributed by atoms with E-state index in [1.165, 1.54) is 103 Å². The number of hydrogen-bond donors (Lipinski definition) is 5. The smallest absolute Gasteiger partial charge is 0.462 e. The minimum atomic E-state index is -4.69. The Balaban J connectivity index is 2.34. The molecule has 8 atom stereocenters. The van der Waals surface area contributed by atoms with E-state index in [1.807, 2.05) is 12.2 Å². The normalized spacial score (nSPS) is 19.4. The summed E-state index contributed by atoms with van der Waals surface area (Å²) in [4.78, 5) is 47.9. The average molecular weight is 945 g/mol. The molecule has 0 aromatic rings. The van der Waals surface area contributed by atoms with Crippen molar-refractivity contribution >= 4 is 25.5 Å². The van der Waals surface area contributed by atoms with Gasteiger partial charge in [0.2, 0.25) is 0 Å². The van der Waals surface area contributed by atoms with Gasteiger partial charge in [-0.25, -0.2) is 4.57 Å². The number of phosphoric acid groups is 1. The Kier molecular flexibility index (Phi) is 37.6. The van der Waals surface area contributed by atoms with Crippen molar-refractivity contribution in [1.82, 2.24) is 0 Å². The number of ether oxygens (including phenoxy) is 2. The molecule has 0 aromatic heterocycles. The summed E-state index contributed by atoms with van der Waals surface area (Å²) in [6.07, 6.45) is 33.6.